The molecule has 0 aliphatic heterocycles. The smallest absolute Gasteiger partial charge is 0.262 e. The quantitative estimate of drug-likeness (QED) is 0.440. The third kappa shape index (κ3) is 5.40. The van der Waals surface area contributed by atoms with Crippen molar-refractivity contribution in [3.05, 3.63) is 41.7 Å². The van der Waals surface area contributed by atoms with Crippen molar-refractivity contribution in [2.45, 2.75) is 6.92 Å². The maximum absolute atomic E-state index is 12.6. The van der Waals surface area contributed by atoms with E-state index in [1.54, 1.807) is 18.2 Å². The lowest BCUT2D eigenvalue weighted by Gasteiger charge is -2.07. The van der Waals surface area contributed by atoms with Crippen LogP contribution in [-0.4, -0.2) is 17.6 Å². The van der Waals surface area contributed by atoms with Crippen LogP contribution < -0.4 is 16.2 Å². The maximum atomic E-state index is 12.6. The van der Waals surface area contributed by atoms with E-state index in [1.165, 1.54) is 18.2 Å². The van der Waals surface area contributed by atoms with E-state index in [0.29, 0.717) is 11.7 Å². The third-order valence-corrected chi connectivity index (χ3v) is 2.18. The number of rotatable bonds is 3. The van der Waals surface area contributed by atoms with E-state index in [2.05, 4.69) is 16.2 Å². The second-order valence-corrected chi connectivity index (χ2v) is 3.77. The maximum Gasteiger partial charge on any atom is 0.262 e. The van der Waals surface area contributed by atoms with Crippen molar-refractivity contribution in [2.75, 3.05) is 6.54 Å². The van der Waals surface area contributed by atoms with Crippen LogP contribution in [-0.2, 0) is 4.79 Å². The van der Waals surface area contributed by atoms with Gasteiger partial charge in [0.2, 0.25) is 0 Å². The molecule has 0 unspecified atom stereocenters. The second-order valence-electron chi connectivity index (χ2n) is 3.36. The van der Waals surface area contributed by atoms with Gasteiger partial charge >= 0.3 is 0 Å². The van der Waals surface area contributed by atoms with Gasteiger partial charge in [0.1, 0.15) is 5.82 Å². The first-order chi connectivity index (χ1) is 8.61. The fourth-order valence-electron chi connectivity index (χ4n) is 1.11. The molecular weight excluding hydrogens is 253 g/mol. The predicted molar refractivity (Wildman–Crippen MR) is 73.0 cm³/mol. The molecule has 0 spiro atoms. The van der Waals surface area contributed by atoms with Gasteiger partial charge in [-0.15, -0.1) is 0 Å². The molecule has 1 amide bonds. The monoisotopic (exact) mass is 267 g/mol. The van der Waals surface area contributed by atoms with E-state index in [4.69, 9.17) is 12.2 Å². The van der Waals surface area contributed by atoms with Gasteiger partial charge < -0.3 is 5.32 Å². The van der Waals surface area contributed by atoms with Crippen LogP contribution in [0.4, 0.5) is 4.39 Å². The minimum absolute atomic E-state index is 0.311. The highest BCUT2D eigenvalue weighted by Crippen LogP contribution is 2.04. The molecule has 96 valence electrons. The summed E-state index contributed by atoms with van der Waals surface area (Å²) >= 11 is 4.86. The predicted octanol–water partition coefficient (Wildman–Crippen LogP) is 1.35. The molecular formula is C12H14FN3OS. The van der Waals surface area contributed by atoms with Crippen LogP contribution in [0.1, 0.15) is 12.5 Å². The second kappa shape index (κ2) is 7.39. The highest BCUT2D eigenvalue weighted by Gasteiger charge is 1.96. The molecule has 1 aromatic carbocycles. The highest BCUT2D eigenvalue weighted by atomic mass is 32.1. The zero-order chi connectivity index (χ0) is 13.4. The minimum atomic E-state index is -0.348. The molecule has 0 aliphatic carbocycles. The Labute approximate surface area is 110 Å². The number of nitrogens with one attached hydrogen (secondary N) is 3. The van der Waals surface area contributed by atoms with Crippen LogP contribution in [0.25, 0.3) is 6.08 Å². The first kappa shape index (κ1) is 14.1. The summed E-state index contributed by atoms with van der Waals surface area (Å²) in [6.45, 7) is 2.57. The van der Waals surface area contributed by atoms with Crippen molar-refractivity contribution < 1.29 is 9.18 Å². The lowest BCUT2D eigenvalue weighted by molar-refractivity contribution is -0.116. The molecule has 0 atom stereocenters. The van der Waals surface area contributed by atoms with Gasteiger partial charge in [0.25, 0.3) is 5.91 Å². The first-order valence-corrected chi connectivity index (χ1v) is 5.80. The molecule has 0 fully saturated rings. The zero-order valence-electron chi connectivity index (χ0n) is 9.87. The van der Waals surface area contributed by atoms with Crippen LogP contribution in [0.15, 0.2) is 30.3 Å². The summed E-state index contributed by atoms with van der Waals surface area (Å²) in [6, 6.07) is 5.82. The number of halogens is 1. The minimum Gasteiger partial charge on any atom is -0.362 e. The fraction of sp³-hybridized carbons (Fsp3) is 0.167. The Bertz CT molecular complexity index is 445. The topological polar surface area (TPSA) is 53.2 Å². The molecule has 1 aromatic rings. The van der Waals surface area contributed by atoms with Crippen molar-refractivity contribution in [2.24, 2.45) is 0 Å². The van der Waals surface area contributed by atoms with Crippen molar-refractivity contribution in [3.63, 3.8) is 0 Å². The average Bonchev–Trinajstić information content (AvgIpc) is 2.36. The Balaban J connectivity index is 2.40. The van der Waals surface area contributed by atoms with E-state index in [9.17, 15) is 9.18 Å². The Hall–Kier alpha value is -1.95. The number of carbonyl (C=O) groups excluding carboxylic acids is 1. The molecule has 0 saturated heterocycles. The van der Waals surface area contributed by atoms with Crippen LogP contribution in [0, 0.1) is 5.82 Å². The molecule has 0 radical (unpaired) electrons. The van der Waals surface area contributed by atoms with Crippen molar-refractivity contribution in [3.8, 4) is 0 Å². The largest absolute Gasteiger partial charge is 0.362 e. The number of hydrogen-bond acceptors (Lipinski definition) is 2. The summed E-state index contributed by atoms with van der Waals surface area (Å²) < 4.78 is 12.6. The van der Waals surface area contributed by atoms with E-state index < -0.39 is 0 Å². The lowest BCUT2D eigenvalue weighted by atomic mass is 10.2. The standard InChI is InChI=1S/C12H14FN3OS/c1-2-14-12(18)16-15-11(17)8-5-9-3-6-10(13)7-4-9/h3-8H,2H2,1H3,(H,15,17)(H2,14,16,18). The molecule has 0 aromatic heterocycles. The Morgan fingerprint density at radius 3 is 2.61 bits per heavy atom. The molecule has 0 bridgehead atoms. The molecule has 4 nitrogen and oxygen atoms in total. The first-order valence-electron chi connectivity index (χ1n) is 5.39. The molecule has 6 heteroatoms. The summed E-state index contributed by atoms with van der Waals surface area (Å²) in [7, 11) is 0. The van der Waals surface area contributed by atoms with E-state index in [1.807, 2.05) is 6.92 Å². The number of amides is 1. The van der Waals surface area contributed by atoms with Gasteiger partial charge in [0.15, 0.2) is 5.11 Å². The van der Waals surface area contributed by atoms with Gasteiger partial charge in [0, 0.05) is 12.6 Å². The van der Waals surface area contributed by atoms with Crippen molar-refractivity contribution >= 4 is 29.3 Å². The zero-order valence-corrected chi connectivity index (χ0v) is 10.7. The van der Waals surface area contributed by atoms with Crippen LogP contribution in [0.3, 0.4) is 0 Å². The van der Waals surface area contributed by atoms with Crippen molar-refractivity contribution in [1.82, 2.24) is 16.2 Å². The van der Waals surface area contributed by atoms with E-state index >= 15 is 0 Å². The lowest BCUT2D eigenvalue weighted by Crippen LogP contribution is -2.46. The summed E-state index contributed by atoms with van der Waals surface area (Å²) in [5, 5.41) is 3.17. The molecule has 1 rings (SSSR count). The number of thiocarbonyl (C=S) groups is 1. The molecule has 3 N–H and O–H groups in total. The van der Waals surface area contributed by atoms with Gasteiger partial charge in [-0.1, -0.05) is 12.1 Å². The SMILES string of the molecule is CCNC(=S)NNC(=O)C=Cc1ccc(F)cc1. The Morgan fingerprint density at radius 2 is 2.00 bits per heavy atom. The summed E-state index contributed by atoms with van der Waals surface area (Å²) in [6.07, 6.45) is 2.90. The van der Waals surface area contributed by atoms with Crippen LogP contribution >= 0.6 is 12.2 Å². The van der Waals surface area contributed by atoms with Gasteiger partial charge in [-0.2, -0.15) is 0 Å². The molecule has 0 saturated carbocycles. The van der Waals surface area contributed by atoms with Gasteiger partial charge in [-0.25, -0.2) is 4.39 Å². The summed E-state index contributed by atoms with van der Waals surface area (Å²) in [4.78, 5) is 11.4. The molecule has 18 heavy (non-hydrogen) atoms. The van der Waals surface area contributed by atoms with Gasteiger partial charge in [0.05, 0.1) is 0 Å². The van der Waals surface area contributed by atoms with Crippen molar-refractivity contribution in [1.29, 1.82) is 0 Å². The van der Waals surface area contributed by atoms with Gasteiger partial charge in [-0.05, 0) is 42.9 Å². The van der Waals surface area contributed by atoms with Gasteiger partial charge in [-0.3, -0.25) is 15.6 Å². The average molecular weight is 267 g/mol. The number of carbonyl (C=O) groups is 1. The Kier molecular flexibility index (Phi) is 5.79. The van der Waals surface area contributed by atoms with E-state index in [-0.39, 0.29) is 11.7 Å². The summed E-state index contributed by atoms with van der Waals surface area (Å²) in [5.41, 5.74) is 5.67. The number of hydrazine groups is 1. The van der Waals surface area contributed by atoms with Crippen LogP contribution in [0.5, 0.6) is 0 Å². The normalized spacial score (nSPS) is 10.1. The molecule has 0 heterocycles. The highest BCUT2D eigenvalue weighted by molar-refractivity contribution is 7.80. The number of hydrogen-bond donors (Lipinski definition) is 3. The third-order valence-electron chi connectivity index (χ3n) is 1.93. The Morgan fingerprint density at radius 1 is 1.33 bits per heavy atom. The van der Waals surface area contributed by atoms with Crippen LogP contribution in [0.2, 0.25) is 0 Å². The fourth-order valence-corrected chi connectivity index (χ4v) is 1.31. The summed E-state index contributed by atoms with van der Waals surface area (Å²) in [5.74, 6) is -0.658. The van der Waals surface area contributed by atoms with E-state index in [0.717, 1.165) is 5.56 Å². The number of benzene rings is 1. The molecule has 0 aliphatic rings.